The van der Waals surface area contributed by atoms with Gasteiger partial charge in [-0.3, -0.25) is 9.48 Å². The average Bonchev–Trinajstić information content (AvgIpc) is 2.58. The SMILES string of the molecule is Cc1nn(C)c(Sc2ccc(Cl)c(Cl)c2)c1C=O. The molecule has 0 spiro atoms. The molecule has 0 unspecified atom stereocenters. The van der Waals surface area contributed by atoms with Crippen molar-refractivity contribution in [3.8, 4) is 0 Å². The van der Waals surface area contributed by atoms with Gasteiger partial charge in [0.25, 0.3) is 0 Å². The molecule has 1 aromatic heterocycles. The molecule has 0 N–H and O–H groups in total. The quantitative estimate of drug-likeness (QED) is 0.804. The molecule has 0 atom stereocenters. The molecule has 0 saturated heterocycles. The van der Waals surface area contributed by atoms with Crippen molar-refractivity contribution in [3.63, 3.8) is 0 Å². The van der Waals surface area contributed by atoms with Crippen molar-refractivity contribution in [3.05, 3.63) is 39.5 Å². The van der Waals surface area contributed by atoms with E-state index in [1.165, 1.54) is 11.8 Å². The number of halogens is 2. The minimum Gasteiger partial charge on any atom is -0.298 e. The van der Waals surface area contributed by atoms with Gasteiger partial charge in [0.15, 0.2) is 6.29 Å². The molecule has 0 aliphatic heterocycles. The number of hydrogen-bond acceptors (Lipinski definition) is 3. The Labute approximate surface area is 119 Å². The molecule has 0 fully saturated rings. The van der Waals surface area contributed by atoms with Crippen molar-refractivity contribution in [1.82, 2.24) is 9.78 Å². The van der Waals surface area contributed by atoms with E-state index in [0.717, 1.165) is 21.9 Å². The van der Waals surface area contributed by atoms with Gasteiger partial charge in [-0.25, -0.2) is 0 Å². The highest BCUT2D eigenvalue weighted by Crippen LogP contribution is 2.34. The Kier molecular flexibility index (Phi) is 4.00. The van der Waals surface area contributed by atoms with Crippen LogP contribution in [-0.4, -0.2) is 16.1 Å². The summed E-state index contributed by atoms with van der Waals surface area (Å²) in [6, 6.07) is 5.36. The molecule has 1 aromatic carbocycles. The molecular weight excluding hydrogens is 291 g/mol. The molecule has 2 rings (SSSR count). The number of aldehydes is 1. The van der Waals surface area contributed by atoms with E-state index in [1.54, 1.807) is 23.9 Å². The number of benzene rings is 1. The molecule has 94 valence electrons. The fourth-order valence-corrected chi connectivity index (χ4v) is 2.94. The van der Waals surface area contributed by atoms with Crippen LogP contribution in [0.25, 0.3) is 0 Å². The molecule has 0 radical (unpaired) electrons. The lowest BCUT2D eigenvalue weighted by atomic mass is 10.3. The molecule has 6 heteroatoms. The minimum atomic E-state index is 0.494. The second-order valence-electron chi connectivity index (χ2n) is 3.72. The first-order valence-electron chi connectivity index (χ1n) is 5.14. The molecular formula is C12H10Cl2N2OS. The Morgan fingerprint density at radius 2 is 2.06 bits per heavy atom. The van der Waals surface area contributed by atoms with Gasteiger partial charge in [-0.15, -0.1) is 0 Å². The maximum absolute atomic E-state index is 11.1. The normalized spacial score (nSPS) is 10.7. The summed E-state index contributed by atoms with van der Waals surface area (Å²) < 4.78 is 1.69. The van der Waals surface area contributed by atoms with Crippen LogP contribution in [0.2, 0.25) is 10.0 Å². The van der Waals surface area contributed by atoms with Gasteiger partial charge in [0.05, 0.1) is 21.3 Å². The van der Waals surface area contributed by atoms with Crippen LogP contribution in [0, 0.1) is 6.92 Å². The van der Waals surface area contributed by atoms with Gasteiger partial charge in [0, 0.05) is 11.9 Å². The third-order valence-electron chi connectivity index (χ3n) is 2.44. The Hall–Kier alpha value is -0.970. The van der Waals surface area contributed by atoms with E-state index < -0.39 is 0 Å². The summed E-state index contributed by atoms with van der Waals surface area (Å²) in [5.74, 6) is 0. The van der Waals surface area contributed by atoms with E-state index in [-0.39, 0.29) is 0 Å². The third-order valence-corrected chi connectivity index (χ3v) is 4.34. The first-order valence-corrected chi connectivity index (χ1v) is 6.72. The average molecular weight is 301 g/mol. The lowest BCUT2D eigenvalue weighted by molar-refractivity contribution is 0.112. The van der Waals surface area contributed by atoms with Gasteiger partial charge < -0.3 is 0 Å². The van der Waals surface area contributed by atoms with E-state index >= 15 is 0 Å². The predicted octanol–water partition coefficient (Wildman–Crippen LogP) is 4.00. The second kappa shape index (κ2) is 5.34. The Morgan fingerprint density at radius 3 is 2.67 bits per heavy atom. The topological polar surface area (TPSA) is 34.9 Å². The highest BCUT2D eigenvalue weighted by atomic mass is 35.5. The van der Waals surface area contributed by atoms with Crippen molar-refractivity contribution < 1.29 is 4.79 Å². The first kappa shape index (κ1) is 13.5. The Bertz CT molecular complexity index is 610. The van der Waals surface area contributed by atoms with Crippen molar-refractivity contribution >= 4 is 41.2 Å². The summed E-state index contributed by atoms with van der Waals surface area (Å²) >= 11 is 13.3. The fourth-order valence-electron chi connectivity index (χ4n) is 1.56. The second-order valence-corrected chi connectivity index (χ2v) is 5.60. The number of carbonyl (C=O) groups is 1. The summed E-state index contributed by atoms with van der Waals surface area (Å²) in [5, 5.41) is 6.02. The van der Waals surface area contributed by atoms with E-state index in [1.807, 2.05) is 13.0 Å². The molecule has 1 heterocycles. The molecule has 18 heavy (non-hydrogen) atoms. The largest absolute Gasteiger partial charge is 0.298 e. The maximum Gasteiger partial charge on any atom is 0.154 e. The highest BCUT2D eigenvalue weighted by molar-refractivity contribution is 7.99. The predicted molar refractivity (Wildman–Crippen MR) is 73.9 cm³/mol. The maximum atomic E-state index is 11.1. The van der Waals surface area contributed by atoms with Gasteiger partial charge in [-0.1, -0.05) is 35.0 Å². The molecule has 0 aliphatic carbocycles. The number of hydrogen-bond donors (Lipinski definition) is 0. The summed E-state index contributed by atoms with van der Waals surface area (Å²) in [6.45, 7) is 1.81. The zero-order valence-corrected chi connectivity index (χ0v) is 12.1. The number of rotatable bonds is 3. The monoisotopic (exact) mass is 300 g/mol. The number of aryl methyl sites for hydroxylation is 2. The number of aromatic nitrogens is 2. The Morgan fingerprint density at radius 1 is 1.33 bits per heavy atom. The summed E-state index contributed by atoms with van der Waals surface area (Å²) in [5.41, 5.74) is 1.32. The van der Waals surface area contributed by atoms with Crippen molar-refractivity contribution in [1.29, 1.82) is 0 Å². The van der Waals surface area contributed by atoms with E-state index in [9.17, 15) is 4.79 Å². The molecule has 0 saturated carbocycles. The van der Waals surface area contributed by atoms with Crippen molar-refractivity contribution in [2.45, 2.75) is 16.8 Å². The fraction of sp³-hybridized carbons (Fsp3) is 0.167. The summed E-state index contributed by atoms with van der Waals surface area (Å²) in [7, 11) is 1.81. The zero-order chi connectivity index (χ0) is 13.3. The minimum absolute atomic E-state index is 0.494. The van der Waals surface area contributed by atoms with Crippen LogP contribution in [0.5, 0.6) is 0 Å². The van der Waals surface area contributed by atoms with Crippen LogP contribution in [-0.2, 0) is 7.05 Å². The molecule has 0 aliphatic rings. The van der Waals surface area contributed by atoms with Gasteiger partial charge in [0.2, 0.25) is 0 Å². The molecule has 0 bridgehead atoms. The van der Waals surface area contributed by atoms with Crippen LogP contribution >= 0.6 is 35.0 Å². The highest BCUT2D eigenvalue weighted by Gasteiger charge is 2.14. The van der Waals surface area contributed by atoms with Gasteiger partial charge in [-0.05, 0) is 25.1 Å². The van der Waals surface area contributed by atoms with Gasteiger partial charge >= 0.3 is 0 Å². The van der Waals surface area contributed by atoms with E-state index in [4.69, 9.17) is 23.2 Å². The van der Waals surface area contributed by atoms with Crippen LogP contribution < -0.4 is 0 Å². The first-order chi connectivity index (χ1) is 8.52. The number of carbonyl (C=O) groups excluding carboxylic acids is 1. The van der Waals surface area contributed by atoms with Crippen LogP contribution in [0.1, 0.15) is 16.1 Å². The molecule has 3 nitrogen and oxygen atoms in total. The molecule has 0 amide bonds. The zero-order valence-electron chi connectivity index (χ0n) is 9.78. The summed E-state index contributed by atoms with van der Waals surface area (Å²) in [6.07, 6.45) is 0.822. The van der Waals surface area contributed by atoms with Crippen molar-refractivity contribution in [2.24, 2.45) is 7.05 Å². The van der Waals surface area contributed by atoms with Crippen LogP contribution in [0.4, 0.5) is 0 Å². The van der Waals surface area contributed by atoms with E-state index in [0.29, 0.717) is 15.6 Å². The lowest BCUT2D eigenvalue weighted by Gasteiger charge is -2.04. The van der Waals surface area contributed by atoms with Gasteiger partial charge in [0.1, 0.15) is 5.03 Å². The summed E-state index contributed by atoms with van der Waals surface area (Å²) in [4.78, 5) is 12.0. The standard InChI is InChI=1S/C12H10Cl2N2OS/c1-7-9(6-17)12(16(2)15-7)18-8-3-4-10(13)11(14)5-8/h3-6H,1-2H3. The molecule has 2 aromatic rings. The van der Waals surface area contributed by atoms with Crippen LogP contribution in [0.15, 0.2) is 28.1 Å². The van der Waals surface area contributed by atoms with Crippen molar-refractivity contribution in [2.75, 3.05) is 0 Å². The Balaban J connectivity index is 2.39. The smallest absolute Gasteiger partial charge is 0.154 e. The third kappa shape index (κ3) is 2.55. The van der Waals surface area contributed by atoms with E-state index in [2.05, 4.69) is 5.10 Å². The lowest BCUT2D eigenvalue weighted by Crippen LogP contribution is -1.93. The number of nitrogens with zero attached hydrogens (tertiary/aromatic N) is 2. The van der Waals surface area contributed by atoms with Gasteiger partial charge in [-0.2, -0.15) is 5.10 Å². The van der Waals surface area contributed by atoms with Crippen LogP contribution in [0.3, 0.4) is 0 Å².